The highest BCUT2D eigenvalue weighted by molar-refractivity contribution is 7.00. The third-order valence-electron chi connectivity index (χ3n) is 21.5. The first-order valence-electron chi connectivity index (χ1n) is 54.7. The summed E-state index contributed by atoms with van der Waals surface area (Å²) in [6.45, 7) is 41.6. The van der Waals surface area contributed by atoms with Crippen LogP contribution in [0, 0.1) is 0 Å². The zero-order valence-electron chi connectivity index (χ0n) is 101. The molecule has 0 amide bonds. The molecule has 0 spiro atoms. The quantitative estimate of drug-likeness (QED) is 0.133. The highest BCUT2D eigenvalue weighted by atomic mass is 15.2. The van der Waals surface area contributed by atoms with Gasteiger partial charge in [0.15, 0.2) is 0 Å². The predicted molar refractivity (Wildman–Crippen MR) is 497 cm³/mol. The molecule has 0 bridgehead atoms. The second kappa shape index (κ2) is 27.5. The van der Waals surface area contributed by atoms with E-state index in [-0.39, 0.29) is 163 Å². The number of nitrogens with zero attached hydrogens (tertiary/aromatic N) is 3. The maximum absolute atomic E-state index is 11.7. The van der Waals surface area contributed by atoms with Crippen molar-refractivity contribution in [3.8, 4) is 72.4 Å². The molecule has 574 valence electrons. The topological polar surface area (TPSA) is 11.4 Å². The van der Waals surface area contributed by atoms with Gasteiger partial charge in [0.05, 0.1) is 64.9 Å². The van der Waals surface area contributed by atoms with Crippen LogP contribution in [0.4, 0.5) is 34.1 Å². The van der Waals surface area contributed by atoms with Crippen LogP contribution in [-0.4, -0.2) is 11.3 Å². The average Bonchev–Trinajstić information content (AvgIpc) is 0.754. The fourth-order valence-corrected chi connectivity index (χ4v) is 15.0. The zero-order chi connectivity index (χ0) is 108. The summed E-state index contributed by atoms with van der Waals surface area (Å²) >= 11 is 0. The van der Waals surface area contributed by atoms with Crippen LogP contribution in [0.1, 0.15) is 253 Å². The van der Waals surface area contributed by atoms with Gasteiger partial charge < -0.3 is 14.4 Å². The molecule has 0 aliphatic carbocycles. The highest BCUT2D eigenvalue weighted by Crippen LogP contribution is 2.57. The Morgan fingerprint density at radius 3 is 1.17 bits per heavy atom. The van der Waals surface area contributed by atoms with Crippen LogP contribution >= 0.6 is 0 Å². The highest BCUT2D eigenvalue weighted by Gasteiger charge is 2.47. The molecule has 0 saturated heterocycles. The summed E-state index contributed by atoms with van der Waals surface area (Å²) in [4.78, 5) is 3.18. The molecular weight excluding hydrogens is 1370 g/mol. The van der Waals surface area contributed by atoms with E-state index >= 15 is 0 Å². The molecule has 0 saturated carbocycles. The van der Waals surface area contributed by atoms with E-state index in [4.69, 9.17) is 1.37 Å². The number of para-hydroxylation sites is 3. The first-order chi connectivity index (χ1) is 66.6. The Kier molecular flexibility index (Phi) is 11.7. The van der Waals surface area contributed by atoms with Crippen molar-refractivity contribution in [1.82, 2.24) is 4.57 Å². The Labute approximate surface area is 725 Å². The van der Waals surface area contributed by atoms with Gasteiger partial charge in [0.1, 0.15) is 0 Å². The monoisotopic (exact) mass is 1520 g/mol. The van der Waals surface area contributed by atoms with Crippen molar-refractivity contribution in [2.45, 2.75) is 209 Å². The van der Waals surface area contributed by atoms with Crippen LogP contribution in [0.2, 0.25) is 0 Å². The van der Waals surface area contributed by atoms with Crippen LogP contribution in [0.3, 0.4) is 0 Å². The number of benzene rings is 13. The van der Waals surface area contributed by atoms with Gasteiger partial charge in [0.2, 0.25) is 0 Å². The molecular formula is C110H116BN3. The van der Waals surface area contributed by atoms with Crippen molar-refractivity contribution in [3.63, 3.8) is 0 Å². The molecule has 2 aliphatic rings. The molecule has 16 rings (SSSR count). The van der Waals surface area contributed by atoms with Crippen LogP contribution < -0.4 is 26.2 Å². The van der Waals surface area contributed by atoms with E-state index in [9.17, 15) is 41.1 Å². The van der Waals surface area contributed by atoms with Crippen LogP contribution in [0.15, 0.2) is 266 Å². The smallest absolute Gasteiger partial charge is 0.252 e. The van der Waals surface area contributed by atoms with Gasteiger partial charge in [-0.3, -0.25) is 0 Å². The van der Waals surface area contributed by atoms with Crippen molar-refractivity contribution in [2.75, 3.05) is 9.80 Å². The fraction of sp³-hybridized carbons (Fsp3) is 0.291. The van der Waals surface area contributed by atoms with Gasteiger partial charge in [-0.2, -0.15) is 0 Å². The lowest BCUT2D eigenvalue weighted by molar-refractivity contribution is 0.568. The summed E-state index contributed by atoms with van der Waals surface area (Å²) in [5.74, 6) is 0. The number of hydrogen-bond donors (Lipinski definition) is 0. The minimum atomic E-state index is -1.45. The number of hydrogen-bond acceptors (Lipinski definition) is 2. The lowest BCUT2D eigenvalue weighted by Crippen LogP contribution is -2.61. The van der Waals surface area contributed by atoms with E-state index in [0.29, 0.717) is 5.56 Å². The Balaban J connectivity index is 1.30. The van der Waals surface area contributed by atoms with E-state index in [2.05, 4.69) is 0 Å². The summed E-state index contributed by atoms with van der Waals surface area (Å²) in [5, 5.41) is -0.656. The van der Waals surface area contributed by atoms with E-state index in [1.807, 2.05) is 39.0 Å². The zero-order valence-corrected chi connectivity index (χ0v) is 69.9. The van der Waals surface area contributed by atoms with Crippen molar-refractivity contribution >= 4 is 79.0 Å². The Bertz CT molecular complexity index is 7870. The summed E-state index contributed by atoms with van der Waals surface area (Å²) < 4.78 is 321. The normalized spacial score (nSPS) is 17.4. The molecule has 14 aromatic rings. The number of anilines is 6. The fourth-order valence-electron chi connectivity index (χ4n) is 15.0. The van der Waals surface area contributed by atoms with Crippen molar-refractivity contribution < 1.29 is 42.5 Å². The van der Waals surface area contributed by atoms with Gasteiger partial charge in [0.25, 0.3) is 6.71 Å². The molecule has 0 unspecified atom stereocenters. The van der Waals surface area contributed by atoms with Crippen LogP contribution in [0.5, 0.6) is 0 Å². The Morgan fingerprint density at radius 1 is 0.254 bits per heavy atom. The Hall–Kier alpha value is -10.7. The van der Waals surface area contributed by atoms with Crippen LogP contribution in [0.25, 0.3) is 94.3 Å². The summed E-state index contributed by atoms with van der Waals surface area (Å²) in [7, 11) is 0. The maximum atomic E-state index is 11.7. The molecule has 2 aliphatic heterocycles. The molecule has 0 fully saturated rings. The summed E-state index contributed by atoms with van der Waals surface area (Å²) in [5.41, 5.74) is -12.6. The van der Waals surface area contributed by atoms with E-state index in [0.717, 1.165) is 5.56 Å². The molecule has 0 N–H and O–H groups in total. The van der Waals surface area contributed by atoms with Crippen molar-refractivity contribution in [3.05, 3.63) is 311 Å². The second-order valence-corrected chi connectivity index (χ2v) is 38.7. The van der Waals surface area contributed by atoms with Gasteiger partial charge in [0, 0.05) is 61.5 Å². The summed E-state index contributed by atoms with van der Waals surface area (Å²) in [6, 6.07) is 2.42. The molecule has 114 heavy (non-hydrogen) atoms. The maximum Gasteiger partial charge on any atom is 0.252 e. The van der Waals surface area contributed by atoms with E-state index in [1.165, 1.54) is 28.8 Å². The number of fused-ring (bicyclic) bond motifs is 7. The lowest BCUT2D eigenvalue weighted by atomic mass is 9.33. The second-order valence-electron chi connectivity index (χ2n) is 38.7. The lowest BCUT2D eigenvalue weighted by Gasteiger charge is -2.46. The first-order valence-corrected chi connectivity index (χ1v) is 39.2. The molecule has 1 aromatic heterocycles. The molecule has 0 atom stereocenters. The van der Waals surface area contributed by atoms with Gasteiger partial charge in [-0.05, 0) is 203 Å². The molecule has 3 heterocycles. The number of aromatic nitrogens is 1. The molecule has 0 radical (unpaired) electrons. The molecule has 13 aromatic carbocycles. The van der Waals surface area contributed by atoms with Crippen LogP contribution in [-0.2, 0) is 43.3 Å². The standard InChI is InChI=1S/C110H116BN3/c1-103(2,3)77-49-44-70(45-50-77)86-40-33-41-87(75-57-80(106(10,11)12)64-81(58-75)107(13,14)15)101(86)113-96-61-73(69-34-26-25-27-35-69)48-54-92(96)111-93-55-53-85(112-94-42-30-28-38-88(94)89-39-29-31-43-95(89)112)68-97(93)114(99-63-74(62-98(113)100(99)111)72-36-32-37-79(56-72)105(7,8)9)102-90(71-46-51-78(52-47-71)104(4,5)6)66-84(110(22,23)24)67-91(102)76-59-82(108(16,17)18)65-83(60-76)109(19,20)21/h25-68H,1-24H3/i25D,26D,27D,28D,29D,30D,31D,33D,34D,35D,38D,39D,40D,41D,42D,43D,44D,46D,47D,49D,50D,51D,52D,57D,58D,59D,60D,64D,65D,66D,67D. The Morgan fingerprint density at radius 2 is 0.658 bits per heavy atom. The third-order valence-corrected chi connectivity index (χ3v) is 21.5. The number of rotatable bonds is 9. The SMILES string of the molecule is [2H]c1cc(-c2c([2H])c([2H])c([2H])c(-c3c([2H])c(C(C)(C)C)c([2H])c(C(C)(C)C)c3[2H])c2N2c3cc(-c4c([2H])c([2H])c([2H])c([2H])c4[2H])ccc3B3c4ccc(-n5c6c([2H])c([2H])c([2H])c([2H])c6c6c([2H])c([2H])c([2H])c([2H])c65)cc4N(c4c(-c5c([2H])c([2H])c(C(C)(C)C)c([2H])c5[2H])c([2H])c(C(C)(C)C)c([2H])c4-c4c([2H])c(C(C)(C)C)c([2H])c(C(C)(C)C)c4[2H])c4cc(-c5cccc(C(C)(C)C)c5)cc2c43)c([2H])c([2H])c1C(C)(C)C. The molecule has 3 nitrogen and oxygen atoms in total. The summed E-state index contributed by atoms with van der Waals surface area (Å²) in [6.07, 6.45) is 0. The third kappa shape index (κ3) is 14.1. The van der Waals surface area contributed by atoms with Gasteiger partial charge >= 0.3 is 0 Å². The minimum absolute atomic E-state index is 0.0460. The minimum Gasteiger partial charge on any atom is -0.310 e. The van der Waals surface area contributed by atoms with Crippen molar-refractivity contribution in [2.24, 2.45) is 0 Å². The van der Waals surface area contributed by atoms with Gasteiger partial charge in [-0.15, -0.1) is 0 Å². The largest absolute Gasteiger partial charge is 0.310 e. The predicted octanol–water partition coefficient (Wildman–Crippen LogP) is 29.2. The van der Waals surface area contributed by atoms with Crippen molar-refractivity contribution in [1.29, 1.82) is 0 Å². The average molecular weight is 1520 g/mol. The molecule has 4 heteroatoms. The van der Waals surface area contributed by atoms with Gasteiger partial charge in [-0.25, -0.2) is 0 Å². The first kappa shape index (κ1) is 48.5. The van der Waals surface area contributed by atoms with Gasteiger partial charge in [-0.1, -0.05) is 378 Å². The van der Waals surface area contributed by atoms with E-state index < -0.39 is 253 Å². The van der Waals surface area contributed by atoms with E-state index in [1.54, 1.807) is 192 Å².